The first-order chi connectivity index (χ1) is 11.5. The molecule has 6 heteroatoms. The summed E-state index contributed by atoms with van der Waals surface area (Å²) in [4.78, 5) is 23.1. The standard InChI is InChI=1S/C18H13BrN2O3/c1-12(22)24-17-8-7-13(10-16(17)19)9-14(11-20)18(23)21-15-5-3-2-4-6-15/h2-10H,1H3,(H,21,23)/b14-9+. The second-order valence-corrected chi connectivity index (χ2v) is 5.63. The van der Waals surface area contributed by atoms with E-state index in [1.807, 2.05) is 12.1 Å². The van der Waals surface area contributed by atoms with Gasteiger partial charge in [-0.2, -0.15) is 5.26 Å². The average Bonchev–Trinajstić information content (AvgIpc) is 2.55. The zero-order valence-electron chi connectivity index (χ0n) is 12.7. The average molecular weight is 385 g/mol. The van der Waals surface area contributed by atoms with Crippen molar-refractivity contribution in [3.8, 4) is 11.8 Å². The van der Waals surface area contributed by atoms with E-state index in [2.05, 4.69) is 21.2 Å². The number of para-hydroxylation sites is 1. The second-order valence-electron chi connectivity index (χ2n) is 4.77. The van der Waals surface area contributed by atoms with Crippen molar-refractivity contribution >= 4 is 39.6 Å². The van der Waals surface area contributed by atoms with Gasteiger partial charge < -0.3 is 10.1 Å². The molecule has 2 aromatic carbocycles. The molecule has 0 aromatic heterocycles. The molecular formula is C18H13BrN2O3. The third kappa shape index (κ3) is 4.80. The van der Waals surface area contributed by atoms with Crippen LogP contribution in [0, 0.1) is 11.3 Å². The number of nitriles is 1. The minimum absolute atomic E-state index is 0.0361. The quantitative estimate of drug-likeness (QED) is 0.375. The van der Waals surface area contributed by atoms with Gasteiger partial charge in [-0.3, -0.25) is 9.59 Å². The van der Waals surface area contributed by atoms with E-state index in [1.165, 1.54) is 13.0 Å². The number of anilines is 1. The molecule has 2 aromatic rings. The van der Waals surface area contributed by atoms with Gasteiger partial charge in [-0.15, -0.1) is 0 Å². The highest BCUT2D eigenvalue weighted by Crippen LogP contribution is 2.27. The number of esters is 1. The number of nitrogens with one attached hydrogen (secondary N) is 1. The third-order valence-corrected chi connectivity index (χ3v) is 3.54. The predicted octanol–water partition coefficient (Wildman–Crippen LogP) is 3.92. The molecule has 0 radical (unpaired) electrons. The zero-order valence-corrected chi connectivity index (χ0v) is 14.3. The van der Waals surface area contributed by atoms with Gasteiger partial charge in [0.1, 0.15) is 17.4 Å². The van der Waals surface area contributed by atoms with Crippen LogP contribution in [-0.4, -0.2) is 11.9 Å². The number of ether oxygens (including phenoxy) is 1. The van der Waals surface area contributed by atoms with E-state index >= 15 is 0 Å². The van der Waals surface area contributed by atoms with Crippen molar-refractivity contribution in [1.82, 2.24) is 0 Å². The van der Waals surface area contributed by atoms with Gasteiger partial charge in [-0.25, -0.2) is 0 Å². The number of amides is 1. The Balaban J connectivity index is 2.21. The Kier molecular flexibility index (Phi) is 5.88. The van der Waals surface area contributed by atoms with Crippen LogP contribution in [0.3, 0.4) is 0 Å². The van der Waals surface area contributed by atoms with E-state index in [9.17, 15) is 14.9 Å². The maximum Gasteiger partial charge on any atom is 0.308 e. The number of hydrogen-bond acceptors (Lipinski definition) is 4. The molecule has 0 heterocycles. The number of halogens is 1. The second kappa shape index (κ2) is 8.09. The lowest BCUT2D eigenvalue weighted by molar-refractivity contribution is -0.131. The molecule has 0 bridgehead atoms. The van der Waals surface area contributed by atoms with E-state index in [0.29, 0.717) is 21.5 Å². The van der Waals surface area contributed by atoms with E-state index in [-0.39, 0.29) is 5.57 Å². The van der Waals surface area contributed by atoms with Crippen molar-refractivity contribution in [2.45, 2.75) is 6.92 Å². The molecule has 0 unspecified atom stereocenters. The largest absolute Gasteiger partial charge is 0.426 e. The number of hydrogen-bond donors (Lipinski definition) is 1. The summed E-state index contributed by atoms with van der Waals surface area (Å²) >= 11 is 3.29. The van der Waals surface area contributed by atoms with E-state index in [0.717, 1.165) is 0 Å². The van der Waals surface area contributed by atoms with Crippen LogP contribution in [-0.2, 0) is 9.59 Å². The van der Waals surface area contributed by atoms with E-state index in [1.54, 1.807) is 42.5 Å². The lowest BCUT2D eigenvalue weighted by Crippen LogP contribution is -2.13. The van der Waals surface area contributed by atoms with Gasteiger partial charge in [0, 0.05) is 12.6 Å². The van der Waals surface area contributed by atoms with Crippen molar-refractivity contribution in [2.75, 3.05) is 5.32 Å². The van der Waals surface area contributed by atoms with Crippen LogP contribution < -0.4 is 10.1 Å². The van der Waals surface area contributed by atoms with Crippen LogP contribution in [0.25, 0.3) is 6.08 Å². The Morgan fingerprint density at radius 3 is 2.50 bits per heavy atom. The van der Waals surface area contributed by atoms with Crippen LogP contribution in [0.5, 0.6) is 5.75 Å². The summed E-state index contributed by atoms with van der Waals surface area (Å²) in [6.45, 7) is 1.31. The Morgan fingerprint density at radius 2 is 1.92 bits per heavy atom. The molecule has 0 aliphatic heterocycles. The van der Waals surface area contributed by atoms with Gasteiger partial charge >= 0.3 is 5.97 Å². The molecule has 0 fully saturated rings. The number of rotatable bonds is 4. The highest BCUT2D eigenvalue weighted by Gasteiger charge is 2.10. The van der Waals surface area contributed by atoms with Gasteiger partial charge in [0.2, 0.25) is 0 Å². The van der Waals surface area contributed by atoms with Gasteiger partial charge in [0.05, 0.1) is 4.47 Å². The molecule has 2 rings (SSSR count). The first-order valence-corrected chi connectivity index (χ1v) is 7.75. The molecule has 0 aliphatic carbocycles. The van der Waals surface area contributed by atoms with Crippen LogP contribution in [0.1, 0.15) is 12.5 Å². The first kappa shape index (κ1) is 17.4. The van der Waals surface area contributed by atoms with Crippen molar-refractivity contribution in [3.63, 3.8) is 0 Å². The number of carbonyl (C=O) groups is 2. The zero-order chi connectivity index (χ0) is 17.5. The van der Waals surface area contributed by atoms with Gasteiger partial charge in [0.25, 0.3) is 5.91 Å². The van der Waals surface area contributed by atoms with Crippen molar-refractivity contribution in [1.29, 1.82) is 5.26 Å². The maximum atomic E-state index is 12.2. The highest BCUT2D eigenvalue weighted by molar-refractivity contribution is 9.10. The third-order valence-electron chi connectivity index (χ3n) is 2.92. The Hall–Kier alpha value is -2.91. The Bertz CT molecular complexity index is 839. The fourth-order valence-electron chi connectivity index (χ4n) is 1.88. The maximum absolute atomic E-state index is 12.2. The molecule has 0 spiro atoms. The predicted molar refractivity (Wildman–Crippen MR) is 94.1 cm³/mol. The molecule has 0 saturated heterocycles. The molecule has 0 aliphatic rings. The van der Waals surface area contributed by atoms with Crippen molar-refractivity contribution in [3.05, 3.63) is 64.1 Å². The fourth-order valence-corrected chi connectivity index (χ4v) is 2.36. The molecular weight excluding hydrogens is 372 g/mol. The van der Waals surface area contributed by atoms with Crippen LogP contribution in [0.4, 0.5) is 5.69 Å². The van der Waals surface area contributed by atoms with Crippen molar-refractivity contribution < 1.29 is 14.3 Å². The monoisotopic (exact) mass is 384 g/mol. The molecule has 0 atom stereocenters. The van der Waals surface area contributed by atoms with E-state index in [4.69, 9.17) is 4.74 Å². The van der Waals surface area contributed by atoms with Crippen molar-refractivity contribution in [2.24, 2.45) is 0 Å². The number of benzene rings is 2. The summed E-state index contributed by atoms with van der Waals surface area (Å²) in [6, 6.07) is 15.7. The van der Waals surface area contributed by atoms with Crippen LogP contribution in [0.15, 0.2) is 58.6 Å². The summed E-state index contributed by atoms with van der Waals surface area (Å²) in [5.41, 5.74) is 1.19. The van der Waals surface area contributed by atoms with E-state index < -0.39 is 11.9 Å². The molecule has 0 saturated carbocycles. The molecule has 120 valence electrons. The summed E-state index contributed by atoms with van der Waals surface area (Å²) in [5, 5.41) is 11.9. The normalized spacial score (nSPS) is 10.6. The number of nitrogens with zero attached hydrogens (tertiary/aromatic N) is 1. The smallest absolute Gasteiger partial charge is 0.308 e. The summed E-state index contributed by atoms with van der Waals surface area (Å²) in [5.74, 6) is -0.560. The molecule has 24 heavy (non-hydrogen) atoms. The number of carbonyl (C=O) groups excluding carboxylic acids is 2. The minimum atomic E-state index is -0.496. The summed E-state index contributed by atoms with van der Waals surface area (Å²) < 4.78 is 5.56. The molecule has 5 nitrogen and oxygen atoms in total. The molecule has 1 amide bonds. The minimum Gasteiger partial charge on any atom is -0.426 e. The van der Waals surface area contributed by atoms with Crippen LogP contribution in [0.2, 0.25) is 0 Å². The summed E-state index contributed by atoms with van der Waals surface area (Å²) in [6.07, 6.45) is 1.46. The summed E-state index contributed by atoms with van der Waals surface area (Å²) in [7, 11) is 0. The topological polar surface area (TPSA) is 79.2 Å². The van der Waals surface area contributed by atoms with Crippen LogP contribution >= 0.6 is 15.9 Å². The lowest BCUT2D eigenvalue weighted by atomic mass is 10.1. The lowest BCUT2D eigenvalue weighted by Gasteiger charge is -2.06. The fraction of sp³-hybridized carbons (Fsp3) is 0.0556. The first-order valence-electron chi connectivity index (χ1n) is 6.96. The Morgan fingerprint density at radius 1 is 1.21 bits per heavy atom. The van der Waals surface area contributed by atoms with Gasteiger partial charge in [-0.05, 0) is 51.8 Å². The van der Waals surface area contributed by atoms with Gasteiger partial charge in [-0.1, -0.05) is 24.3 Å². The van der Waals surface area contributed by atoms with Gasteiger partial charge in [0.15, 0.2) is 0 Å². The Labute approximate surface area is 147 Å². The molecule has 1 N–H and O–H groups in total. The highest BCUT2D eigenvalue weighted by atomic mass is 79.9. The SMILES string of the molecule is CC(=O)Oc1ccc(/C=C(\C#N)C(=O)Nc2ccccc2)cc1Br.